The number of para-hydroxylation sites is 4. The van der Waals surface area contributed by atoms with Crippen molar-refractivity contribution in [2.45, 2.75) is 144 Å². The van der Waals surface area contributed by atoms with Crippen molar-refractivity contribution in [3.8, 4) is 23.0 Å². The number of fused-ring (bicyclic) bond motifs is 6. The molecular formula is C106H88N8O6. The third kappa shape index (κ3) is 11.2. The summed E-state index contributed by atoms with van der Waals surface area (Å²) in [6.45, 7) is 15.7. The highest BCUT2D eigenvalue weighted by atomic mass is 16.5. The maximum absolute atomic E-state index is 15.7. The monoisotopic (exact) mass is 1570 g/mol. The van der Waals surface area contributed by atoms with E-state index in [1.165, 1.54) is 119 Å². The number of carbonyl (C=O) groups excluding carboxylic acids is 4. The summed E-state index contributed by atoms with van der Waals surface area (Å²) in [6.07, 6.45) is 4.30. The van der Waals surface area contributed by atoms with Crippen LogP contribution >= 0.6 is 0 Å². The van der Waals surface area contributed by atoms with Crippen molar-refractivity contribution in [3.63, 3.8) is 0 Å². The zero-order valence-electron chi connectivity index (χ0n) is 67.7. The van der Waals surface area contributed by atoms with Gasteiger partial charge in [0.2, 0.25) is 0 Å². The van der Waals surface area contributed by atoms with Gasteiger partial charge in [0.1, 0.15) is 23.0 Å². The highest BCUT2D eigenvalue weighted by molar-refractivity contribution is 6.43. The highest BCUT2D eigenvalue weighted by Crippen LogP contribution is 2.54. The molecule has 120 heavy (non-hydrogen) atoms. The fraction of sp³-hybridized carbons (Fsp3) is 0.208. The molecule has 15 aromatic carbocycles. The Kier molecular flexibility index (Phi) is 16.9. The number of hydrogen-bond donors (Lipinski definition) is 0. The second kappa shape index (κ2) is 28.1. The molecule has 14 heteroatoms. The summed E-state index contributed by atoms with van der Waals surface area (Å²) in [5.41, 5.74) is 18.7. The largest absolute Gasteiger partial charge is 0.457 e. The summed E-state index contributed by atoms with van der Waals surface area (Å²) in [4.78, 5) is 70.0. The lowest BCUT2D eigenvalue weighted by Crippen LogP contribution is -2.46. The minimum atomic E-state index is -0.387. The number of benzene rings is 15. The number of aromatic nitrogens is 4. The van der Waals surface area contributed by atoms with Crippen molar-refractivity contribution in [1.29, 1.82) is 0 Å². The van der Waals surface area contributed by atoms with E-state index < -0.39 is 0 Å². The molecule has 10 aliphatic rings. The first-order valence-corrected chi connectivity index (χ1v) is 43.0. The molecule has 588 valence electrons. The Morgan fingerprint density at radius 1 is 0.275 bits per heavy atom. The fourth-order valence-electron chi connectivity index (χ4n) is 21.6. The Balaban J connectivity index is 0.637. The number of hydrogen-bond acceptors (Lipinski definition) is 8. The standard InChI is InChI=1S/C106H88N8O6/c1-5-69(6-2)113-103(115)79-41-39-77-100-96(120-72-37-29-64(30-38-72)58-108-61-67-33-45-93-83(53-67)75-21-11-15-25-89(75)111(93)49-18-50-112-90-26-16-12-22-76(90)84-54-68(62-108)34-46-94(84)112)56-86-98-80(104(116)114(106(86)118)70(7-3)8-4)42-40-78(102(98)100)99-95(55-85(105(113)117)97(79)101(77)99)119-71-35-27-63(28-36-71)57-107-59-65-31-43-91-81(51-65)73-19-9-13-23-87(73)109(91)47-17-48-110-88-24-14-10-20-74(88)82-52-66(60-107)32-44-92(82)110/h9-16,19-46,51-56,69-70H,5-8,17-18,47-50,57-62H2,1-4H3. The number of nitrogens with zero attached hydrogens (tertiary/aromatic N) is 8. The molecule has 19 aromatic rings. The van der Waals surface area contributed by atoms with E-state index in [0.717, 1.165) is 50.1 Å². The predicted molar refractivity (Wildman–Crippen MR) is 483 cm³/mol. The van der Waals surface area contributed by atoms with Crippen LogP contribution in [0.15, 0.2) is 255 Å². The van der Waals surface area contributed by atoms with Crippen molar-refractivity contribution in [2.24, 2.45) is 0 Å². The normalized spacial score (nSPS) is 15.2. The van der Waals surface area contributed by atoms with Crippen LogP contribution in [0, 0.1) is 0 Å². The van der Waals surface area contributed by atoms with Crippen LogP contribution in [0.2, 0.25) is 0 Å². The van der Waals surface area contributed by atoms with E-state index in [-0.39, 0.29) is 35.7 Å². The molecule has 4 amide bonds. The summed E-state index contributed by atoms with van der Waals surface area (Å²) in [5, 5.41) is 15.1. The van der Waals surface area contributed by atoms with Gasteiger partial charge in [-0.3, -0.25) is 38.8 Å². The molecule has 0 saturated heterocycles. The van der Waals surface area contributed by atoms with Gasteiger partial charge in [0.25, 0.3) is 23.6 Å². The number of ether oxygens (including phenoxy) is 2. The molecule has 0 fully saturated rings. The molecule has 14 nitrogen and oxygen atoms in total. The lowest BCUT2D eigenvalue weighted by Gasteiger charge is -2.35. The van der Waals surface area contributed by atoms with E-state index in [4.69, 9.17) is 9.47 Å². The van der Waals surface area contributed by atoms with Crippen LogP contribution in [-0.2, 0) is 65.4 Å². The Morgan fingerprint density at radius 2 is 0.567 bits per heavy atom. The Bertz CT molecular complexity index is 6870. The predicted octanol–water partition coefficient (Wildman–Crippen LogP) is 24.5. The van der Waals surface area contributed by atoms with Crippen LogP contribution in [0.3, 0.4) is 0 Å². The van der Waals surface area contributed by atoms with Crippen molar-refractivity contribution in [2.75, 3.05) is 0 Å². The molecule has 0 spiro atoms. The highest BCUT2D eigenvalue weighted by Gasteiger charge is 2.42. The van der Waals surface area contributed by atoms with E-state index in [1.54, 1.807) is 0 Å². The molecule has 0 unspecified atom stereocenters. The van der Waals surface area contributed by atoms with Gasteiger partial charge in [0.15, 0.2) is 0 Å². The molecule has 0 N–H and O–H groups in total. The Morgan fingerprint density at radius 3 is 0.875 bits per heavy atom. The van der Waals surface area contributed by atoms with E-state index in [9.17, 15) is 0 Å². The summed E-state index contributed by atoms with van der Waals surface area (Å²) >= 11 is 0. The van der Waals surface area contributed by atoms with Gasteiger partial charge in [-0.05, 0) is 204 Å². The average Bonchev–Trinajstić information content (AvgIpc) is 0.943. The second-order valence-corrected chi connectivity index (χ2v) is 33.9. The second-order valence-electron chi connectivity index (χ2n) is 33.9. The summed E-state index contributed by atoms with van der Waals surface area (Å²) in [6, 6.07) is 90.7. The van der Waals surface area contributed by atoms with Crippen LogP contribution in [0.1, 0.15) is 141 Å². The van der Waals surface area contributed by atoms with Crippen LogP contribution < -0.4 is 9.47 Å². The van der Waals surface area contributed by atoms with Gasteiger partial charge in [-0.25, -0.2) is 0 Å². The lowest BCUT2D eigenvalue weighted by atomic mass is 9.81. The molecule has 0 saturated carbocycles. The molecule has 0 radical (unpaired) electrons. The maximum Gasteiger partial charge on any atom is 0.261 e. The molecule has 4 aromatic heterocycles. The van der Waals surface area contributed by atoms with Crippen molar-refractivity contribution in [3.05, 3.63) is 310 Å². The van der Waals surface area contributed by atoms with Crippen molar-refractivity contribution < 1.29 is 28.7 Å². The molecule has 0 aliphatic carbocycles. The zero-order chi connectivity index (χ0) is 80.4. The summed E-state index contributed by atoms with van der Waals surface area (Å²) in [7, 11) is 0. The molecular weight excluding hydrogens is 1480 g/mol. The molecule has 16 bridgehead atoms. The topological polar surface area (TPSA) is 119 Å². The fourth-order valence-corrected chi connectivity index (χ4v) is 21.6. The molecule has 10 aliphatic heterocycles. The third-order valence-electron chi connectivity index (χ3n) is 27.1. The molecule has 0 atom stereocenters. The van der Waals surface area contributed by atoms with E-state index >= 15 is 19.2 Å². The molecule has 29 rings (SSSR count). The van der Waals surface area contributed by atoms with Crippen molar-refractivity contribution in [1.82, 2.24) is 37.9 Å². The number of imide groups is 2. The maximum atomic E-state index is 15.7. The first-order valence-electron chi connectivity index (χ1n) is 43.0. The Hall–Kier alpha value is -13.4. The van der Waals surface area contributed by atoms with Gasteiger partial charge in [0.05, 0.1) is 11.1 Å². The van der Waals surface area contributed by atoms with Crippen LogP contribution in [0.5, 0.6) is 23.0 Å². The van der Waals surface area contributed by atoms with Gasteiger partial charge < -0.3 is 27.7 Å². The third-order valence-corrected chi connectivity index (χ3v) is 27.1. The first kappa shape index (κ1) is 71.9. The quantitative estimate of drug-likeness (QED) is 0.0600. The molecule has 14 heterocycles. The lowest BCUT2D eigenvalue weighted by molar-refractivity contribution is 0.0514. The summed E-state index contributed by atoms with van der Waals surface area (Å²) < 4.78 is 24.8. The SMILES string of the molecule is CCC(CC)N1C(=O)c2ccc3c4c(Oc5ccc(CN6Cc7ccc8c(c7)c7ccccc7n8CCCn7c8ccccc8c8cc(ccc87)C6)cc5)cc5c6c(ccc(c7c(Oc8ccc(CN9Cc%10ccc%11c(c%10)c%10ccccc%10n%11CCCn%10c%11ccccc%11c%11cc(ccc%11%10)C9)cc8)cc(c2c37)C1=O)c64)C(=O)N(C(CC)CC)C5=O. The number of carbonyl (C=O) groups is 4. The van der Waals surface area contributed by atoms with Crippen LogP contribution in [0.4, 0.5) is 0 Å². The minimum Gasteiger partial charge on any atom is -0.457 e. The Labute approximate surface area is 693 Å². The van der Waals surface area contributed by atoms with Crippen LogP contribution in [0.25, 0.3) is 130 Å². The van der Waals surface area contributed by atoms with Crippen LogP contribution in [-0.4, -0.2) is 73.6 Å². The van der Waals surface area contributed by atoms with Gasteiger partial charge in [-0.15, -0.1) is 0 Å². The number of aryl methyl sites for hydroxylation is 4. The van der Waals surface area contributed by atoms with Gasteiger partial charge in [-0.2, -0.15) is 0 Å². The number of amides is 4. The number of rotatable bonds is 14. The van der Waals surface area contributed by atoms with E-state index in [0.29, 0.717) is 153 Å². The van der Waals surface area contributed by atoms with Crippen molar-refractivity contribution >= 4 is 154 Å². The van der Waals surface area contributed by atoms with Gasteiger partial charge in [0, 0.05) is 208 Å². The summed E-state index contributed by atoms with van der Waals surface area (Å²) in [5.74, 6) is 0.418. The van der Waals surface area contributed by atoms with E-state index in [2.05, 4.69) is 222 Å². The van der Waals surface area contributed by atoms with Gasteiger partial charge >= 0.3 is 0 Å². The average molecular weight is 1570 g/mol. The smallest absolute Gasteiger partial charge is 0.261 e. The minimum absolute atomic E-state index is 0.350. The van der Waals surface area contributed by atoms with Gasteiger partial charge in [-0.1, -0.05) is 161 Å². The first-order chi connectivity index (χ1) is 58.9. The zero-order valence-corrected chi connectivity index (χ0v) is 67.7. The van der Waals surface area contributed by atoms with E-state index in [1.807, 2.05) is 88.4 Å².